The Kier molecular flexibility index (Phi) is 4.72. The van der Waals surface area contributed by atoms with Gasteiger partial charge in [0.05, 0.1) is 11.3 Å². The zero-order valence-corrected chi connectivity index (χ0v) is 16.7. The van der Waals surface area contributed by atoms with Crippen LogP contribution in [0.3, 0.4) is 0 Å². The Bertz CT molecular complexity index is 1030. The first kappa shape index (κ1) is 18.2. The number of imidazole rings is 1. The van der Waals surface area contributed by atoms with Crippen LogP contribution >= 0.6 is 0 Å². The highest BCUT2D eigenvalue weighted by Crippen LogP contribution is 2.32. The van der Waals surface area contributed by atoms with Crippen LogP contribution in [0.1, 0.15) is 40.9 Å². The van der Waals surface area contributed by atoms with Crippen LogP contribution in [0.5, 0.6) is 5.75 Å². The van der Waals surface area contributed by atoms with Crippen LogP contribution in [-0.4, -0.2) is 45.4 Å². The van der Waals surface area contributed by atoms with Crippen molar-refractivity contribution in [2.24, 2.45) is 0 Å². The predicted molar refractivity (Wildman–Crippen MR) is 111 cm³/mol. The van der Waals surface area contributed by atoms with E-state index in [2.05, 4.69) is 22.1 Å². The number of ether oxygens (including phenoxy) is 1. The summed E-state index contributed by atoms with van der Waals surface area (Å²) in [5.74, 6) is 0.713. The molecule has 2 saturated heterocycles. The molecule has 150 valence electrons. The number of carbonyl (C=O) groups excluding carboxylic acids is 1. The van der Waals surface area contributed by atoms with Crippen molar-refractivity contribution in [2.45, 2.75) is 44.9 Å². The topological polar surface area (TPSA) is 58.9 Å². The molecule has 5 rings (SSSR count). The second-order valence-corrected chi connectivity index (χ2v) is 8.08. The van der Waals surface area contributed by atoms with Gasteiger partial charge in [-0.15, -0.1) is 0 Å². The molecule has 2 bridgehead atoms. The third-order valence-electron chi connectivity index (χ3n) is 6.03. The molecule has 29 heavy (non-hydrogen) atoms. The number of amides is 1. The first-order chi connectivity index (χ1) is 14.2. The maximum Gasteiger partial charge on any atom is 0.258 e. The molecule has 2 fully saturated rings. The maximum absolute atomic E-state index is 13.4. The summed E-state index contributed by atoms with van der Waals surface area (Å²) in [6.07, 6.45) is 7.22. The molecule has 1 aromatic carbocycles. The van der Waals surface area contributed by atoms with Gasteiger partial charge in [0.1, 0.15) is 18.0 Å². The maximum atomic E-state index is 13.4. The lowest BCUT2D eigenvalue weighted by Crippen LogP contribution is -2.42. The molecule has 1 amide bonds. The molecule has 0 saturated carbocycles. The molecule has 2 atom stereocenters. The van der Waals surface area contributed by atoms with Gasteiger partial charge in [-0.25, -0.2) is 4.98 Å². The van der Waals surface area contributed by atoms with Crippen LogP contribution in [0.25, 0.3) is 5.65 Å². The third kappa shape index (κ3) is 3.49. The summed E-state index contributed by atoms with van der Waals surface area (Å²) in [6, 6.07) is 12.2. The van der Waals surface area contributed by atoms with Gasteiger partial charge in [0.15, 0.2) is 0 Å². The second kappa shape index (κ2) is 7.52. The SMILES string of the molecule is Cc1ccc2nc(COc3ccccc3C(=O)N3C4CCNCC3CC4)cn2c1. The Hall–Kier alpha value is -2.86. The number of fused-ring (bicyclic) bond motifs is 3. The quantitative estimate of drug-likeness (QED) is 0.743. The van der Waals surface area contributed by atoms with Crippen LogP contribution in [-0.2, 0) is 6.61 Å². The van der Waals surface area contributed by atoms with E-state index in [1.165, 1.54) is 5.56 Å². The Morgan fingerprint density at radius 2 is 2.00 bits per heavy atom. The lowest BCUT2D eigenvalue weighted by molar-refractivity contribution is 0.0675. The largest absolute Gasteiger partial charge is 0.486 e. The zero-order chi connectivity index (χ0) is 19.8. The summed E-state index contributed by atoms with van der Waals surface area (Å²) in [6.45, 7) is 4.25. The van der Waals surface area contributed by atoms with E-state index in [1.807, 2.05) is 53.2 Å². The van der Waals surface area contributed by atoms with E-state index in [4.69, 9.17) is 4.74 Å². The lowest BCUT2D eigenvalue weighted by atomic mass is 10.1. The van der Waals surface area contributed by atoms with E-state index < -0.39 is 0 Å². The van der Waals surface area contributed by atoms with Gasteiger partial charge in [-0.2, -0.15) is 0 Å². The minimum Gasteiger partial charge on any atom is -0.486 e. The van der Waals surface area contributed by atoms with E-state index in [0.29, 0.717) is 24.0 Å². The van der Waals surface area contributed by atoms with E-state index in [0.717, 1.165) is 43.7 Å². The molecule has 0 spiro atoms. The fourth-order valence-corrected chi connectivity index (χ4v) is 4.60. The second-order valence-electron chi connectivity index (χ2n) is 8.08. The Labute approximate surface area is 170 Å². The smallest absolute Gasteiger partial charge is 0.258 e. The van der Waals surface area contributed by atoms with Crippen LogP contribution in [0.15, 0.2) is 48.8 Å². The number of nitrogens with one attached hydrogen (secondary N) is 1. The normalized spacial score (nSPS) is 21.3. The highest BCUT2D eigenvalue weighted by atomic mass is 16.5. The molecule has 2 aliphatic heterocycles. The standard InChI is InChI=1S/C23H26N4O2/c1-16-6-9-22-25-17(14-26(22)13-16)15-29-21-5-3-2-4-20(21)23(28)27-18-7-8-19(27)12-24-11-10-18/h2-6,9,13-14,18-19,24H,7-8,10-12,15H2,1H3. The fraction of sp³-hybridized carbons (Fsp3) is 0.391. The van der Waals surface area contributed by atoms with Crippen molar-refractivity contribution < 1.29 is 9.53 Å². The molecular formula is C23H26N4O2. The molecule has 2 unspecified atom stereocenters. The number of para-hydroxylation sites is 1. The van der Waals surface area contributed by atoms with Gasteiger partial charge in [0.2, 0.25) is 0 Å². The van der Waals surface area contributed by atoms with E-state index >= 15 is 0 Å². The monoisotopic (exact) mass is 390 g/mol. The van der Waals surface area contributed by atoms with Crippen molar-refractivity contribution in [1.29, 1.82) is 0 Å². The number of rotatable bonds is 4. The first-order valence-electron chi connectivity index (χ1n) is 10.4. The molecule has 0 radical (unpaired) electrons. The number of benzene rings is 1. The third-order valence-corrected chi connectivity index (χ3v) is 6.03. The molecule has 6 nitrogen and oxygen atoms in total. The molecule has 3 aromatic rings. The van der Waals surface area contributed by atoms with Crippen molar-refractivity contribution in [1.82, 2.24) is 19.6 Å². The minimum absolute atomic E-state index is 0.0856. The molecule has 2 aromatic heterocycles. The Morgan fingerprint density at radius 3 is 2.93 bits per heavy atom. The van der Waals surface area contributed by atoms with E-state index in [-0.39, 0.29) is 11.9 Å². The number of hydrogen-bond donors (Lipinski definition) is 1. The average Bonchev–Trinajstić information content (AvgIpc) is 3.24. The highest BCUT2D eigenvalue weighted by molar-refractivity contribution is 5.97. The van der Waals surface area contributed by atoms with Gasteiger partial charge in [-0.3, -0.25) is 4.79 Å². The molecule has 2 aliphatic rings. The van der Waals surface area contributed by atoms with Crippen molar-refractivity contribution >= 4 is 11.6 Å². The number of aromatic nitrogens is 2. The van der Waals surface area contributed by atoms with Gasteiger partial charge in [0.25, 0.3) is 5.91 Å². The van der Waals surface area contributed by atoms with Crippen molar-refractivity contribution in [3.05, 3.63) is 65.6 Å². The van der Waals surface area contributed by atoms with Crippen molar-refractivity contribution in [3.8, 4) is 5.75 Å². The predicted octanol–water partition coefficient (Wildman–Crippen LogP) is 3.19. The Balaban J connectivity index is 1.37. The number of hydrogen-bond acceptors (Lipinski definition) is 4. The molecule has 6 heteroatoms. The summed E-state index contributed by atoms with van der Waals surface area (Å²) in [5.41, 5.74) is 3.56. The highest BCUT2D eigenvalue weighted by Gasteiger charge is 2.39. The lowest BCUT2D eigenvalue weighted by Gasteiger charge is -2.28. The van der Waals surface area contributed by atoms with Gasteiger partial charge in [-0.1, -0.05) is 18.2 Å². The number of pyridine rings is 1. The molecule has 0 aliphatic carbocycles. The number of nitrogens with zero attached hydrogens (tertiary/aromatic N) is 3. The van der Waals surface area contributed by atoms with Gasteiger partial charge >= 0.3 is 0 Å². The summed E-state index contributed by atoms with van der Waals surface area (Å²) in [4.78, 5) is 20.1. The summed E-state index contributed by atoms with van der Waals surface area (Å²) >= 11 is 0. The summed E-state index contributed by atoms with van der Waals surface area (Å²) in [5, 5.41) is 3.46. The van der Waals surface area contributed by atoms with Crippen LogP contribution in [0.2, 0.25) is 0 Å². The van der Waals surface area contributed by atoms with Crippen molar-refractivity contribution in [2.75, 3.05) is 13.1 Å². The number of aryl methyl sites for hydroxylation is 1. The molecule has 4 heterocycles. The van der Waals surface area contributed by atoms with Gasteiger partial charge in [-0.05, 0) is 56.5 Å². The van der Waals surface area contributed by atoms with Crippen LogP contribution in [0, 0.1) is 6.92 Å². The Morgan fingerprint density at radius 1 is 1.14 bits per heavy atom. The minimum atomic E-state index is 0.0856. The van der Waals surface area contributed by atoms with E-state index in [9.17, 15) is 4.79 Å². The van der Waals surface area contributed by atoms with Crippen molar-refractivity contribution in [3.63, 3.8) is 0 Å². The van der Waals surface area contributed by atoms with Gasteiger partial charge in [0, 0.05) is 31.0 Å². The molecular weight excluding hydrogens is 364 g/mol. The van der Waals surface area contributed by atoms with Crippen LogP contribution < -0.4 is 10.1 Å². The molecule has 1 N–H and O–H groups in total. The summed E-state index contributed by atoms with van der Waals surface area (Å²) < 4.78 is 8.09. The van der Waals surface area contributed by atoms with Crippen LogP contribution in [0.4, 0.5) is 0 Å². The summed E-state index contributed by atoms with van der Waals surface area (Å²) in [7, 11) is 0. The average molecular weight is 390 g/mol. The van der Waals surface area contributed by atoms with E-state index in [1.54, 1.807) is 0 Å². The first-order valence-corrected chi connectivity index (χ1v) is 10.4. The fourth-order valence-electron chi connectivity index (χ4n) is 4.60. The number of carbonyl (C=O) groups is 1. The zero-order valence-electron chi connectivity index (χ0n) is 16.7. The van der Waals surface area contributed by atoms with Gasteiger partial charge < -0.3 is 19.4 Å².